The van der Waals surface area contributed by atoms with E-state index in [9.17, 15) is 0 Å². The van der Waals surface area contributed by atoms with Gasteiger partial charge in [-0.25, -0.2) is 9.67 Å². The molecular weight excluding hydrogens is 451 g/mol. The van der Waals surface area contributed by atoms with Crippen molar-refractivity contribution in [3.05, 3.63) is 42.5 Å². The Kier molecular flexibility index (Phi) is 8.07. The summed E-state index contributed by atoms with van der Waals surface area (Å²) < 4.78 is 1.75. The molecule has 1 saturated carbocycles. The molecule has 1 heterocycles. The van der Waals surface area contributed by atoms with Crippen LogP contribution < -0.4 is 10.6 Å². The van der Waals surface area contributed by atoms with E-state index in [0.717, 1.165) is 30.7 Å². The molecule has 6 nitrogen and oxygen atoms in total. The predicted octanol–water partition coefficient (Wildman–Crippen LogP) is 3.77. The Morgan fingerprint density at radius 2 is 1.96 bits per heavy atom. The molecule has 0 atom stereocenters. The summed E-state index contributed by atoms with van der Waals surface area (Å²) >= 11 is 0. The number of nitrogens with zero attached hydrogens (tertiary/aromatic N) is 4. The molecule has 0 bridgehead atoms. The zero-order valence-electron chi connectivity index (χ0n) is 16.5. The van der Waals surface area contributed by atoms with Crippen molar-refractivity contribution in [3.63, 3.8) is 0 Å². The van der Waals surface area contributed by atoms with Crippen LogP contribution in [0.3, 0.4) is 0 Å². The maximum Gasteiger partial charge on any atom is 0.191 e. The summed E-state index contributed by atoms with van der Waals surface area (Å²) in [7, 11) is 1.83. The fraction of sp³-hybridized carbons (Fsp3) is 0.550. The standard InChI is InChI=1S/C20H30N6.HI/c1-16(2)11-20(9-4-10-20)13-24-19(21-3)23-12-17-5-7-18(8-6-17)26-15-22-14-25-26;/h5-8,14-16H,4,9-13H2,1-3H3,(H2,21,23,24);1H. The van der Waals surface area contributed by atoms with Crippen LogP contribution in [0.25, 0.3) is 5.69 Å². The molecule has 7 heteroatoms. The van der Waals surface area contributed by atoms with Crippen LogP contribution in [0.2, 0.25) is 0 Å². The largest absolute Gasteiger partial charge is 0.356 e. The molecule has 0 amide bonds. The molecule has 0 spiro atoms. The van der Waals surface area contributed by atoms with Crippen LogP contribution >= 0.6 is 24.0 Å². The normalized spacial score (nSPS) is 15.8. The monoisotopic (exact) mass is 482 g/mol. The van der Waals surface area contributed by atoms with Crippen molar-refractivity contribution < 1.29 is 0 Å². The number of aliphatic imine (C=N–C) groups is 1. The Balaban J connectivity index is 0.00000261. The van der Waals surface area contributed by atoms with E-state index in [2.05, 4.69) is 51.7 Å². The summed E-state index contributed by atoms with van der Waals surface area (Å²) in [6.07, 6.45) is 8.56. The number of nitrogens with one attached hydrogen (secondary N) is 2. The van der Waals surface area contributed by atoms with Crippen molar-refractivity contribution in [3.8, 4) is 5.69 Å². The first-order valence-corrected chi connectivity index (χ1v) is 9.49. The molecule has 1 aliphatic rings. The highest BCUT2D eigenvalue weighted by atomic mass is 127. The van der Waals surface area contributed by atoms with Crippen molar-refractivity contribution in [2.24, 2.45) is 16.3 Å². The second kappa shape index (κ2) is 10.1. The molecule has 3 rings (SSSR count). The Morgan fingerprint density at radius 1 is 1.22 bits per heavy atom. The summed E-state index contributed by atoms with van der Waals surface area (Å²) in [5, 5.41) is 11.1. The van der Waals surface area contributed by atoms with Gasteiger partial charge in [-0.15, -0.1) is 24.0 Å². The van der Waals surface area contributed by atoms with Crippen LogP contribution in [0.15, 0.2) is 41.9 Å². The average Bonchev–Trinajstić information content (AvgIpc) is 3.14. The average molecular weight is 482 g/mol. The van der Waals surface area contributed by atoms with E-state index in [-0.39, 0.29) is 24.0 Å². The maximum atomic E-state index is 4.37. The van der Waals surface area contributed by atoms with Gasteiger partial charge in [0.25, 0.3) is 0 Å². The highest BCUT2D eigenvalue weighted by Gasteiger charge is 2.37. The number of guanidine groups is 1. The lowest BCUT2D eigenvalue weighted by atomic mass is 9.64. The number of benzene rings is 1. The van der Waals surface area contributed by atoms with Gasteiger partial charge < -0.3 is 10.6 Å². The third-order valence-corrected chi connectivity index (χ3v) is 5.19. The van der Waals surface area contributed by atoms with Gasteiger partial charge in [0.2, 0.25) is 0 Å². The van der Waals surface area contributed by atoms with Crippen molar-refractivity contribution >= 4 is 29.9 Å². The fourth-order valence-corrected chi connectivity index (χ4v) is 3.78. The molecule has 1 aromatic carbocycles. The Labute approximate surface area is 179 Å². The molecule has 0 radical (unpaired) electrons. The third kappa shape index (κ3) is 5.92. The van der Waals surface area contributed by atoms with E-state index in [4.69, 9.17) is 0 Å². The van der Waals surface area contributed by atoms with Gasteiger partial charge in [0.15, 0.2) is 5.96 Å². The van der Waals surface area contributed by atoms with Crippen LogP contribution in [0.5, 0.6) is 0 Å². The van der Waals surface area contributed by atoms with Crippen LogP contribution in [0, 0.1) is 11.3 Å². The highest BCUT2D eigenvalue weighted by molar-refractivity contribution is 14.0. The molecule has 2 aromatic rings. The van der Waals surface area contributed by atoms with Gasteiger partial charge in [-0.05, 0) is 48.3 Å². The zero-order valence-corrected chi connectivity index (χ0v) is 18.8. The van der Waals surface area contributed by atoms with Gasteiger partial charge in [-0.3, -0.25) is 4.99 Å². The molecule has 1 aliphatic carbocycles. The van der Waals surface area contributed by atoms with Crippen molar-refractivity contribution in [1.82, 2.24) is 25.4 Å². The fourth-order valence-electron chi connectivity index (χ4n) is 3.78. The SMILES string of the molecule is CN=C(NCc1ccc(-n2cncn2)cc1)NCC1(CC(C)C)CCC1.I. The Morgan fingerprint density at radius 3 is 2.48 bits per heavy atom. The van der Waals surface area contributed by atoms with E-state index in [1.165, 1.54) is 31.2 Å². The molecule has 0 aliphatic heterocycles. The Hall–Kier alpha value is -1.64. The molecule has 2 N–H and O–H groups in total. The molecular formula is C20H31IN6. The zero-order chi connectivity index (χ0) is 18.4. The first kappa shape index (κ1) is 21.7. The van der Waals surface area contributed by atoms with Gasteiger partial charge >= 0.3 is 0 Å². The summed E-state index contributed by atoms with van der Waals surface area (Å²) in [6.45, 7) is 6.39. The van der Waals surface area contributed by atoms with E-state index in [1.807, 2.05) is 19.2 Å². The van der Waals surface area contributed by atoms with Crippen molar-refractivity contribution in [1.29, 1.82) is 0 Å². The third-order valence-electron chi connectivity index (χ3n) is 5.19. The minimum Gasteiger partial charge on any atom is -0.356 e. The van der Waals surface area contributed by atoms with E-state index < -0.39 is 0 Å². The lowest BCUT2D eigenvalue weighted by molar-refractivity contribution is 0.104. The second-order valence-electron chi connectivity index (χ2n) is 7.74. The molecule has 148 valence electrons. The molecule has 1 fully saturated rings. The first-order chi connectivity index (χ1) is 12.6. The molecule has 27 heavy (non-hydrogen) atoms. The Bertz CT molecular complexity index is 705. The topological polar surface area (TPSA) is 67.1 Å². The molecule has 0 saturated heterocycles. The quantitative estimate of drug-likeness (QED) is 0.358. The van der Waals surface area contributed by atoms with E-state index in [1.54, 1.807) is 17.3 Å². The van der Waals surface area contributed by atoms with Crippen LogP contribution in [-0.4, -0.2) is 34.3 Å². The summed E-state index contributed by atoms with van der Waals surface area (Å²) in [5.74, 6) is 1.62. The number of hydrogen-bond acceptors (Lipinski definition) is 3. The van der Waals surface area contributed by atoms with Gasteiger partial charge in [0.1, 0.15) is 12.7 Å². The van der Waals surface area contributed by atoms with E-state index >= 15 is 0 Å². The van der Waals surface area contributed by atoms with Crippen LogP contribution in [0.4, 0.5) is 0 Å². The minimum atomic E-state index is 0. The number of aromatic nitrogens is 3. The summed E-state index contributed by atoms with van der Waals surface area (Å²) in [5.41, 5.74) is 2.68. The summed E-state index contributed by atoms with van der Waals surface area (Å²) in [4.78, 5) is 8.35. The van der Waals surface area contributed by atoms with Crippen molar-refractivity contribution in [2.45, 2.75) is 46.1 Å². The van der Waals surface area contributed by atoms with Gasteiger partial charge in [-0.1, -0.05) is 32.4 Å². The molecule has 1 aromatic heterocycles. The lowest BCUT2D eigenvalue weighted by Gasteiger charge is -2.43. The van der Waals surface area contributed by atoms with Gasteiger partial charge in [0.05, 0.1) is 5.69 Å². The second-order valence-corrected chi connectivity index (χ2v) is 7.74. The number of rotatable bonds is 7. The summed E-state index contributed by atoms with van der Waals surface area (Å²) in [6, 6.07) is 8.30. The van der Waals surface area contributed by atoms with Crippen molar-refractivity contribution in [2.75, 3.05) is 13.6 Å². The smallest absolute Gasteiger partial charge is 0.191 e. The van der Waals surface area contributed by atoms with E-state index in [0.29, 0.717) is 5.41 Å². The first-order valence-electron chi connectivity index (χ1n) is 9.49. The lowest BCUT2D eigenvalue weighted by Crippen LogP contribution is -2.46. The number of halogens is 1. The maximum absolute atomic E-state index is 4.37. The van der Waals surface area contributed by atoms with Gasteiger partial charge in [-0.2, -0.15) is 5.10 Å². The number of hydrogen-bond donors (Lipinski definition) is 2. The minimum absolute atomic E-state index is 0. The highest BCUT2D eigenvalue weighted by Crippen LogP contribution is 2.45. The molecule has 0 unspecified atom stereocenters. The van der Waals surface area contributed by atoms with Gasteiger partial charge in [0, 0.05) is 20.1 Å². The predicted molar refractivity (Wildman–Crippen MR) is 121 cm³/mol. The van der Waals surface area contributed by atoms with Crippen LogP contribution in [-0.2, 0) is 6.54 Å². The van der Waals surface area contributed by atoms with Crippen LogP contribution in [0.1, 0.15) is 45.1 Å².